The SMILES string of the molecule is Cc1nc(CCN2CCOCC2)sc1CC(=O)O. The summed E-state index contributed by atoms with van der Waals surface area (Å²) in [6, 6.07) is 0. The van der Waals surface area contributed by atoms with Gasteiger partial charge in [-0.1, -0.05) is 0 Å². The molecule has 0 atom stereocenters. The van der Waals surface area contributed by atoms with E-state index in [1.54, 1.807) is 0 Å². The van der Waals surface area contributed by atoms with Crippen molar-refractivity contribution in [2.24, 2.45) is 0 Å². The van der Waals surface area contributed by atoms with Crippen molar-refractivity contribution in [2.75, 3.05) is 32.8 Å². The van der Waals surface area contributed by atoms with Gasteiger partial charge in [0.05, 0.1) is 30.3 Å². The van der Waals surface area contributed by atoms with Gasteiger partial charge < -0.3 is 9.84 Å². The minimum absolute atomic E-state index is 0.0844. The van der Waals surface area contributed by atoms with E-state index in [0.29, 0.717) is 0 Å². The molecule has 1 fully saturated rings. The largest absolute Gasteiger partial charge is 0.481 e. The highest BCUT2D eigenvalue weighted by molar-refractivity contribution is 7.11. The summed E-state index contributed by atoms with van der Waals surface area (Å²) in [5.41, 5.74) is 0.861. The van der Waals surface area contributed by atoms with Crippen LogP contribution in [0.3, 0.4) is 0 Å². The molecule has 0 spiro atoms. The number of carboxylic acid groups (broad SMARTS) is 1. The van der Waals surface area contributed by atoms with Crippen molar-refractivity contribution in [1.29, 1.82) is 0 Å². The van der Waals surface area contributed by atoms with Crippen molar-refractivity contribution in [3.05, 3.63) is 15.6 Å². The first-order chi connectivity index (χ1) is 8.65. The molecule has 1 N–H and O–H groups in total. The van der Waals surface area contributed by atoms with Gasteiger partial charge in [0, 0.05) is 30.9 Å². The lowest BCUT2D eigenvalue weighted by molar-refractivity contribution is -0.136. The number of carboxylic acids is 1. The Bertz CT molecular complexity index is 413. The Hall–Kier alpha value is -0.980. The molecule has 100 valence electrons. The van der Waals surface area contributed by atoms with E-state index < -0.39 is 5.97 Å². The minimum Gasteiger partial charge on any atom is -0.481 e. The number of nitrogens with zero attached hydrogens (tertiary/aromatic N) is 2. The smallest absolute Gasteiger partial charge is 0.308 e. The Morgan fingerprint density at radius 3 is 2.89 bits per heavy atom. The van der Waals surface area contributed by atoms with Gasteiger partial charge in [-0.2, -0.15) is 0 Å². The summed E-state index contributed by atoms with van der Waals surface area (Å²) in [6.45, 7) is 6.43. The molecule has 1 aromatic rings. The zero-order valence-corrected chi connectivity index (χ0v) is 11.3. The first-order valence-corrected chi connectivity index (χ1v) is 6.94. The summed E-state index contributed by atoms with van der Waals surface area (Å²) in [5.74, 6) is -0.790. The highest BCUT2D eigenvalue weighted by Gasteiger charge is 2.13. The van der Waals surface area contributed by atoms with Gasteiger partial charge >= 0.3 is 5.97 Å². The number of hydrogen-bond donors (Lipinski definition) is 1. The van der Waals surface area contributed by atoms with E-state index in [0.717, 1.165) is 54.8 Å². The van der Waals surface area contributed by atoms with E-state index in [1.807, 2.05) is 6.92 Å². The molecule has 0 amide bonds. The van der Waals surface area contributed by atoms with Crippen LogP contribution in [0.1, 0.15) is 15.6 Å². The third-order valence-electron chi connectivity index (χ3n) is 2.99. The molecule has 0 unspecified atom stereocenters. The van der Waals surface area contributed by atoms with Crippen molar-refractivity contribution in [3.63, 3.8) is 0 Å². The first kappa shape index (κ1) is 13.5. The maximum atomic E-state index is 10.7. The molecule has 0 radical (unpaired) electrons. The molecule has 6 heteroatoms. The molecule has 0 bridgehead atoms. The van der Waals surface area contributed by atoms with Crippen LogP contribution >= 0.6 is 11.3 Å². The molecular formula is C12H18N2O3S. The number of hydrogen-bond acceptors (Lipinski definition) is 5. The van der Waals surface area contributed by atoms with Gasteiger partial charge in [0.2, 0.25) is 0 Å². The number of ether oxygens (including phenoxy) is 1. The standard InChI is InChI=1S/C12H18N2O3S/c1-9-10(8-12(15)16)18-11(13-9)2-3-14-4-6-17-7-5-14/h2-8H2,1H3,(H,15,16). The van der Waals surface area contributed by atoms with Crippen molar-refractivity contribution in [2.45, 2.75) is 19.8 Å². The molecule has 5 nitrogen and oxygen atoms in total. The molecule has 1 saturated heterocycles. The lowest BCUT2D eigenvalue weighted by Gasteiger charge is -2.25. The average Bonchev–Trinajstić information content (AvgIpc) is 2.68. The van der Waals surface area contributed by atoms with Crippen molar-refractivity contribution >= 4 is 17.3 Å². The van der Waals surface area contributed by atoms with Gasteiger partial charge in [-0.25, -0.2) is 4.98 Å². The minimum atomic E-state index is -0.790. The van der Waals surface area contributed by atoms with E-state index in [1.165, 1.54) is 11.3 Å². The Morgan fingerprint density at radius 2 is 2.22 bits per heavy atom. The lowest BCUT2D eigenvalue weighted by atomic mass is 10.3. The average molecular weight is 270 g/mol. The maximum Gasteiger partial charge on any atom is 0.308 e. The fourth-order valence-corrected chi connectivity index (χ4v) is 3.02. The normalized spacial score (nSPS) is 16.9. The van der Waals surface area contributed by atoms with Crippen LogP contribution in [0.15, 0.2) is 0 Å². The highest BCUT2D eigenvalue weighted by Crippen LogP contribution is 2.19. The van der Waals surface area contributed by atoms with Gasteiger partial charge in [0.1, 0.15) is 0 Å². The van der Waals surface area contributed by atoms with E-state index >= 15 is 0 Å². The van der Waals surface area contributed by atoms with Crippen LogP contribution in [0.5, 0.6) is 0 Å². The van der Waals surface area contributed by atoms with Crippen LogP contribution in [-0.4, -0.2) is 53.8 Å². The maximum absolute atomic E-state index is 10.7. The summed E-state index contributed by atoms with van der Waals surface area (Å²) in [5, 5.41) is 9.83. The van der Waals surface area contributed by atoms with Gasteiger partial charge in [-0.15, -0.1) is 11.3 Å². The monoisotopic (exact) mass is 270 g/mol. The van der Waals surface area contributed by atoms with Gasteiger partial charge in [-0.05, 0) is 6.92 Å². The van der Waals surface area contributed by atoms with Crippen LogP contribution in [0.4, 0.5) is 0 Å². The third kappa shape index (κ3) is 3.76. The van der Waals surface area contributed by atoms with Gasteiger partial charge in [0.25, 0.3) is 0 Å². The fraction of sp³-hybridized carbons (Fsp3) is 0.667. The van der Waals surface area contributed by atoms with E-state index in [-0.39, 0.29) is 6.42 Å². The Labute approximate surface area is 110 Å². The summed E-state index contributed by atoms with van der Waals surface area (Å²) in [4.78, 5) is 18.4. The molecule has 1 aliphatic rings. The second-order valence-corrected chi connectivity index (χ2v) is 5.56. The highest BCUT2D eigenvalue weighted by atomic mass is 32.1. The molecule has 0 saturated carbocycles. The molecule has 0 aliphatic carbocycles. The van der Waals surface area contributed by atoms with Crippen LogP contribution in [-0.2, 0) is 22.4 Å². The number of thiazole rings is 1. The topological polar surface area (TPSA) is 62.7 Å². The molecule has 18 heavy (non-hydrogen) atoms. The number of carbonyl (C=O) groups is 1. The van der Waals surface area contributed by atoms with Gasteiger partial charge in [0.15, 0.2) is 0 Å². The number of aromatic nitrogens is 1. The predicted molar refractivity (Wildman–Crippen MR) is 69.2 cm³/mol. The number of morpholine rings is 1. The van der Waals surface area contributed by atoms with Crippen LogP contribution in [0.25, 0.3) is 0 Å². The summed E-state index contributed by atoms with van der Waals surface area (Å²) < 4.78 is 5.30. The van der Waals surface area contributed by atoms with Crippen LogP contribution in [0, 0.1) is 6.92 Å². The molecule has 0 aromatic carbocycles. The van der Waals surface area contributed by atoms with Crippen LogP contribution < -0.4 is 0 Å². The zero-order chi connectivity index (χ0) is 13.0. The summed E-state index contributed by atoms with van der Waals surface area (Å²) in [6.07, 6.45) is 0.978. The summed E-state index contributed by atoms with van der Waals surface area (Å²) >= 11 is 1.53. The molecule has 1 aromatic heterocycles. The Balaban J connectivity index is 1.87. The Kier molecular flexibility index (Phi) is 4.68. The first-order valence-electron chi connectivity index (χ1n) is 6.12. The lowest BCUT2D eigenvalue weighted by Crippen LogP contribution is -2.37. The fourth-order valence-electron chi connectivity index (χ4n) is 1.98. The summed E-state index contributed by atoms with van der Waals surface area (Å²) in [7, 11) is 0. The van der Waals surface area contributed by atoms with Crippen LogP contribution in [0.2, 0.25) is 0 Å². The Morgan fingerprint density at radius 1 is 1.50 bits per heavy atom. The van der Waals surface area contributed by atoms with Gasteiger partial charge in [-0.3, -0.25) is 9.69 Å². The second-order valence-electron chi connectivity index (χ2n) is 4.39. The predicted octanol–water partition coefficient (Wildman–Crippen LogP) is 0.953. The number of rotatable bonds is 5. The molecule has 2 heterocycles. The van der Waals surface area contributed by atoms with E-state index in [9.17, 15) is 4.79 Å². The van der Waals surface area contributed by atoms with Crippen molar-refractivity contribution < 1.29 is 14.6 Å². The van der Waals surface area contributed by atoms with E-state index in [4.69, 9.17) is 9.84 Å². The zero-order valence-electron chi connectivity index (χ0n) is 10.5. The van der Waals surface area contributed by atoms with E-state index in [2.05, 4.69) is 9.88 Å². The molecular weight excluding hydrogens is 252 g/mol. The number of aliphatic carboxylic acids is 1. The second kappa shape index (κ2) is 6.26. The third-order valence-corrected chi connectivity index (χ3v) is 4.21. The molecule has 2 rings (SSSR count). The molecule has 1 aliphatic heterocycles. The van der Waals surface area contributed by atoms with Crippen molar-refractivity contribution in [3.8, 4) is 0 Å². The number of aryl methyl sites for hydroxylation is 1. The van der Waals surface area contributed by atoms with Crippen molar-refractivity contribution in [1.82, 2.24) is 9.88 Å². The quantitative estimate of drug-likeness (QED) is 0.863.